The Morgan fingerprint density at radius 1 is 1.19 bits per heavy atom. The number of benzene rings is 1. The number of carbonyl (C=O) groups is 2. The van der Waals surface area contributed by atoms with Crippen molar-refractivity contribution in [2.45, 2.75) is 37.1 Å². The molecule has 2 saturated carbocycles. The molecule has 0 unspecified atom stereocenters. The van der Waals surface area contributed by atoms with Crippen LogP contribution in [0.1, 0.15) is 37.2 Å². The molecule has 0 spiro atoms. The van der Waals surface area contributed by atoms with Crippen LogP contribution in [0, 0.1) is 5.92 Å². The molecule has 6 heteroatoms. The Bertz CT molecular complexity index is 593. The third-order valence-corrected chi connectivity index (χ3v) is 4.86. The molecule has 0 heterocycles. The first-order valence-electron chi connectivity index (χ1n) is 6.93. The summed E-state index contributed by atoms with van der Waals surface area (Å²) in [5.41, 5.74) is -0.110. The first-order chi connectivity index (χ1) is 9.91. The van der Waals surface area contributed by atoms with E-state index in [1.165, 1.54) is 0 Å². The van der Waals surface area contributed by atoms with Crippen LogP contribution in [0.5, 0.6) is 0 Å². The number of hydrogen-bond donors (Lipinski definition) is 2. The maximum atomic E-state index is 12.2. The first-order valence-corrected chi connectivity index (χ1v) is 7.68. The Hall–Kier alpha value is -1.26. The van der Waals surface area contributed by atoms with Crippen LogP contribution in [0.25, 0.3) is 0 Å². The zero-order valence-electron chi connectivity index (χ0n) is 11.2. The van der Waals surface area contributed by atoms with Crippen molar-refractivity contribution in [3.05, 3.63) is 33.8 Å². The molecule has 2 aliphatic carbocycles. The second-order valence-electron chi connectivity index (χ2n) is 5.88. The molecule has 0 radical (unpaired) electrons. The maximum Gasteiger partial charge on any atom is 0.329 e. The van der Waals surface area contributed by atoms with Gasteiger partial charge in [0, 0.05) is 16.0 Å². The third-order valence-electron chi connectivity index (χ3n) is 4.42. The van der Waals surface area contributed by atoms with Crippen molar-refractivity contribution >= 4 is 35.1 Å². The van der Waals surface area contributed by atoms with Gasteiger partial charge in [0.25, 0.3) is 0 Å². The van der Waals surface area contributed by atoms with Gasteiger partial charge in [0.15, 0.2) is 0 Å². The summed E-state index contributed by atoms with van der Waals surface area (Å²) in [5.74, 6) is -1.23. The highest BCUT2D eigenvalue weighted by Gasteiger charge is 2.51. The van der Waals surface area contributed by atoms with Crippen LogP contribution in [0.2, 0.25) is 10.0 Å². The van der Waals surface area contributed by atoms with Crippen molar-refractivity contribution in [3.63, 3.8) is 0 Å². The average molecular weight is 328 g/mol. The molecule has 112 valence electrons. The lowest BCUT2D eigenvalue weighted by Crippen LogP contribution is -2.59. The van der Waals surface area contributed by atoms with E-state index in [1.807, 2.05) is 12.1 Å². The molecule has 0 aromatic heterocycles. The van der Waals surface area contributed by atoms with E-state index in [4.69, 9.17) is 23.2 Å². The fourth-order valence-electron chi connectivity index (χ4n) is 2.89. The van der Waals surface area contributed by atoms with Crippen LogP contribution in [-0.4, -0.2) is 22.5 Å². The van der Waals surface area contributed by atoms with Gasteiger partial charge in [0.05, 0.1) is 0 Å². The molecule has 0 bridgehead atoms. The van der Waals surface area contributed by atoms with E-state index < -0.39 is 11.5 Å². The number of carbonyl (C=O) groups excluding carboxylic acids is 1. The summed E-state index contributed by atoms with van der Waals surface area (Å²) in [7, 11) is 0. The highest BCUT2D eigenvalue weighted by atomic mass is 35.5. The molecule has 2 N–H and O–H groups in total. The largest absolute Gasteiger partial charge is 0.480 e. The SMILES string of the molecule is O=C(NC1(C(=O)O)CCC1)[C@@H]1C[C@H]1c1cc(Cl)cc(Cl)c1. The summed E-state index contributed by atoms with van der Waals surface area (Å²) in [6.07, 6.45) is 2.56. The highest BCUT2D eigenvalue weighted by molar-refractivity contribution is 6.34. The van der Waals surface area contributed by atoms with E-state index in [1.54, 1.807) is 6.07 Å². The molecular formula is C15H15Cl2NO3. The molecule has 1 aromatic rings. The molecule has 0 aliphatic heterocycles. The maximum absolute atomic E-state index is 12.2. The number of nitrogens with one attached hydrogen (secondary N) is 1. The van der Waals surface area contributed by atoms with Crippen LogP contribution in [-0.2, 0) is 9.59 Å². The number of carboxylic acids is 1. The van der Waals surface area contributed by atoms with Gasteiger partial charge in [-0.3, -0.25) is 4.79 Å². The molecular weight excluding hydrogens is 313 g/mol. The van der Waals surface area contributed by atoms with E-state index in [0.29, 0.717) is 29.3 Å². The lowest BCUT2D eigenvalue weighted by atomic mass is 9.76. The molecule has 1 aromatic carbocycles. The number of aliphatic carboxylic acids is 1. The molecule has 0 saturated heterocycles. The lowest BCUT2D eigenvalue weighted by Gasteiger charge is -2.38. The fourth-order valence-corrected chi connectivity index (χ4v) is 3.44. The van der Waals surface area contributed by atoms with Crippen molar-refractivity contribution in [1.29, 1.82) is 0 Å². The van der Waals surface area contributed by atoms with Gasteiger partial charge in [-0.2, -0.15) is 0 Å². The van der Waals surface area contributed by atoms with Gasteiger partial charge in [0.2, 0.25) is 5.91 Å². The molecule has 1 amide bonds. The molecule has 2 atom stereocenters. The van der Waals surface area contributed by atoms with Crippen molar-refractivity contribution in [2.24, 2.45) is 5.92 Å². The van der Waals surface area contributed by atoms with Crippen LogP contribution >= 0.6 is 23.2 Å². The Morgan fingerprint density at radius 2 is 1.81 bits per heavy atom. The lowest BCUT2D eigenvalue weighted by molar-refractivity contribution is -0.152. The van der Waals surface area contributed by atoms with Gasteiger partial charge in [0.1, 0.15) is 5.54 Å². The summed E-state index contributed by atoms with van der Waals surface area (Å²) in [5, 5.41) is 13.0. The Balaban J connectivity index is 1.67. The topological polar surface area (TPSA) is 66.4 Å². The van der Waals surface area contributed by atoms with Crippen molar-refractivity contribution in [3.8, 4) is 0 Å². The molecule has 2 aliphatic rings. The van der Waals surface area contributed by atoms with Gasteiger partial charge in [-0.1, -0.05) is 23.2 Å². The summed E-state index contributed by atoms with van der Waals surface area (Å²) < 4.78 is 0. The summed E-state index contributed by atoms with van der Waals surface area (Å²) in [6.45, 7) is 0. The predicted molar refractivity (Wildman–Crippen MR) is 79.7 cm³/mol. The second-order valence-corrected chi connectivity index (χ2v) is 6.75. The van der Waals surface area contributed by atoms with Crippen molar-refractivity contribution in [2.75, 3.05) is 0 Å². The number of hydrogen-bond acceptors (Lipinski definition) is 2. The van der Waals surface area contributed by atoms with E-state index in [-0.39, 0.29) is 17.7 Å². The minimum absolute atomic E-state index is 0.0760. The smallest absolute Gasteiger partial charge is 0.329 e. The molecule has 3 rings (SSSR count). The number of amides is 1. The molecule has 21 heavy (non-hydrogen) atoms. The van der Waals surface area contributed by atoms with E-state index in [0.717, 1.165) is 12.0 Å². The molecule has 4 nitrogen and oxygen atoms in total. The number of rotatable bonds is 4. The van der Waals surface area contributed by atoms with E-state index >= 15 is 0 Å². The molecule has 2 fully saturated rings. The van der Waals surface area contributed by atoms with Gasteiger partial charge in [-0.15, -0.1) is 0 Å². The van der Waals surface area contributed by atoms with Crippen LogP contribution in [0.4, 0.5) is 0 Å². The zero-order chi connectivity index (χ0) is 15.2. The van der Waals surface area contributed by atoms with Crippen LogP contribution in [0.3, 0.4) is 0 Å². The van der Waals surface area contributed by atoms with Gasteiger partial charge < -0.3 is 10.4 Å². The van der Waals surface area contributed by atoms with Gasteiger partial charge in [-0.25, -0.2) is 4.79 Å². The van der Waals surface area contributed by atoms with Crippen LogP contribution < -0.4 is 5.32 Å². The minimum Gasteiger partial charge on any atom is -0.480 e. The Labute approximate surface area is 132 Å². The second kappa shape index (κ2) is 5.18. The Morgan fingerprint density at radius 3 is 2.29 bits per heavy atom. The number of halogens is 2. The minimum atomic E-state index is -1.05. The summed E-state index contributed by atoms with van der Waals surface area (Å²) in [4.78, 5) is 23.5. The Kier molecular flexibility index (Phi) is 3.62. The predicted octanol–water partition coefficient (Wildman–Crippen LogP) is 3.22. The zero-order valence-corrected chi connectivity index (χ0v) is 12.7. The van der Waals surface area contributed by atoms with Crippen LogP contribution in [0.15, 0.2) is 18.2 Å². The van der Waals surface area contributed by atoms with E-state index in [2.05, 4.69) is 5.32 Å². The monoisotopic (exact) mass is 327 g/mol. The van der Waals surface area contributed by atoms with E-state index in [9.17, 15) is 14.7 Å². The number of carboxylic acid groups (broad SMARTS) is 1. The highest BCUT2D eigenvalue weighted by Crippen LogP contribution is 2.49. The van der Waals surface area contributed by atoms with Gasteiger partial charge in [-0.05, 0) is 55.4 Å². The third kappa shape index (κ3) is 2.74. The summed E-state index contributed by atoms with van der Waals surface area (Å²) in [6, 6.07) is 5.27. The average Bonchev–Trinajstić information content (AvgIpc) is 3.12. The quantitative estimate of drug-likeness (QED) is 0.892. The van der Waals surface area contributed by atoms with Crippen molar-refractivity contribution < 1.29 is 14.7 Å². The normalized spacial score (nSPS) is 25.8. The fraction of sp³-hybridized carbons (Fsp3) is 0.467. The first kappa shape index (κ1) is 14.7. The summed E-state index contributed by atoms with van der Waals surface area (Å²) >= 11 is 11.9. The standard InChI is InChI=1S/C15H15Cl2NO3/c16-9-4-8(5-10(17)6-9)11-7-12(11)13(19)18-15(14(20)21)2-1-3-15/h4-6,11-12H,1-3,7H2,(H,18,19)(H,20,21)/t11-,12+/m0/s1. The van der Waals surface area contributed by atoms with Gasteiger partial charge >= 0.3 is 5.97 Å². The van der Waals surface area contributed by atoms with Crippen molar-refractivity contribution in [1.82, 2.24) is 5.32 Å².